The summed E-state index contributed by atoms with van der Waals surface area (Å²) in [5.41, 5.74) is 5.03. The molecule has 3 rings (SSSR count). The van der Waals surface area contributed by atoms with Crippen molar-refractivity contribution in [2.75, 3.05) is 0 Å². The summed E-state index contributed by atoms with van der Waals surface area (Å²) in [7, 11) is -6.00. The van der Waals surface area contributed by atoms with Gasteiger partial charge >= 0.3 is 7.25 Å². The normalized spacial score (nSPS) is 24.2. The molecule has 1 atom stereocenters. The van der Waals surface area contributed by atoms with E-state index in [4.69, 9.17) is 0 Å². The van der Waals surface area contributed by atoms with Crippen LogP contribution in [0.5, 0.6) is 0 Å². The van der Waals surface area contributed by atoms with Crippen molar-refractivity contribution in [3.8, 4) is 0 Å². The molecular weight excluding hydrogens is 401 g/mol. The van der Waals surface area contributed by atoms with Gasteiger partial charge in [0.05, 0.1) is 5.41 Å². The molecule has 1 aromatic rings. The Kier molecular flexibility index (Phi) is 8.08. The van der Waals surface area contributed by atoms with E-state index in [1.807, 2.05) is 0 Å². The Morgan fingerprint density at radius 1 is 0.871 bits per heavy atom. The summed E-state index contributed by atoms with van der Waals surface area (Å²) >= 11 is 0. The molecule has 6 heteroatoms. The first-order chi connectivity index (χ1) is 14.2. The van der Waals surface area contributed by atoms with Gasteiger partial charge in [-0.25, -0.2) is 0 Å². The smallest absolute Gasteiger partial charge is 0.418 e. The average Bonchev–Trinajstić information content (AvgIpc) is 2.90. The summed E-state index contributed by atoms with van der Waals surface area (Å²) in [5, 5.41) is 0. The molecule has 0 aromatic heterocycles. The van der Waals surface area contributed by atoms with Crippen LogP contribution in [0.2, 0.25) is 0 Å². The average molecular weight is 441 g/mol. The predicted octanol–water partition coefficient (Wildman–Crippen LogP) is 8.72. The minimum Gasteiger partial charge on any atom is -0.418 e. The Hall–Kier alpha value is -1.33. The monoisotopic (exact) mass is 441 g/mol. The molecule has 2 aliphatic rings. The molecule has 0 radical (unpaired) electrons. The topological polar surface area (TPSA) is 3.01 Å². The van der Waals surface area contributed by atoms with Gasteiger partial charge in [-0.1, -0.05) is 65.2 Å². The van der Waals surface area contributed by atoms with E-state index in [2.05, 4.69) is 77.5 Å². The van der Waals surface area contributed by atoms with Crippen molar-refractivity contribution in [2.45, 2.75) is 104 Å². The van der Waals surface area contributed by atoms with Crippen LogP contribution in [0.4, 0.5) is 23.0 Å². The van der Waals surface area contributed by atoms with E-state index in [0.717, 1.165) is 5.92 Å². The highest BCUT2D eigenvalue weighted by atomic mass is 19.5. The third kappa shape index (κ3) is 6.58. The molecule has 31 heavy (non-hydrogen) atoms. The highest BCUT2D eigenvalue weighted by Gasteiger charge is 2.52. The zero-order valence-corrected chi connectivity index (χ0v) is 20.3. The van der Waals surface area contributed by atoms with Crippen molar-refractivity contribution in [3.05, 3.63) is 29.3 Å². The Morgan fingerprint density at radius 3 is 1.74 bits per heavy atom. The quantitative estimate of drug-likeness (QED) is 0.250. The first-order valence-electron chi connectivity index (χ1n) is 11.8. The number of para-hydroxylation sites is 1. The van der Waals surface area contributed by atoms with Crippen molar-refractivity contribution < 1.29 is 21.8 Å². The van der Waals surface area contributed by atoms with Crippen LogP contribution in [-0.4, -0.2) is 23.6 Å². The lowest BCUT2D eigenvalue weighted by Gasteiger charge is -2.33. The Bertz CT molecular complexity index is 744. The highest BCUT2D eigenvalue weighted by molar-refractivity contribution is 6.50. The van der Waals surface area contributed by atoms with Gasteiger partial charge in [-0.05, 0) is 37.5 Å². The van der Waals surface area contributed by atoms with E-state index in [0.29, 0.717) is 17.3 Å². The molecule has 1 saturated carbocycles. The molecule has 0 N–H and O–H groups in total. The van der Waals surface area contributed by atoms with Crippen molar-refractivity contribution in [1.29, 1.82) is 0 Å². The molecule has 1 fully saturated rings. The number of rotatable bonds is 4. The lowest BCUT2D eigenvalue weighted by Crippen LogP contribution is -2.33. The van der Waals surface area contributed by atoms with Gasteiger partial charge < -0.3 is 17.3 Å². The third-order valence-electron chi connectivity index (χ3n) is 7.01. The molecule has 176 valence electrons. The SMILES string of the molecule is CC(C)c1cccc(C(C)C)c1[N+]1=CC(C)(C2CCCCC2)CC1(C)C.F[B-](F)(F)F. The summed E-state index contributed by atoms with van der Waals surface area (Å²) in [6, 6.07) is 6.97. The molecule has 1 aliphatic heterocycles. The van der Waals surface area contributed by atoms with E-state index in [1.54, 1.807) is 0 Å². The summed E-state index contributed by atoms with van der Waals surface area (Å²) in [5.74, 6) is 1.96. The van der Waals surface area contributed by atoms with Crippen LogP contribution >= 0.6 is 0 Å². The number of halogens is 4. The number of hydrogen-bond acceptors (Lipinski definition) is 0. The molecule has 1 unspecified atom stereocenters. The fourth-order valence-electron chi connectivity index (χ4n) is 5.70. The zero-order chi connectivity index (χ0) is 23.6. The minimum atomic E-state index is -6.00. The van der Waals surface area contributed by atoms with E-state index in [-0.39, 0.29) is 5.54 Å². The van der Waals surface area contributed by atoms with Gasteiger partial charge in [0.1, 0.15) is 0 Å². The molecular formula is C25H40BF4N. The van der Waals surface area contributed by atoms with Crippen LogP contribution in [0.15, 0.2) is 18.2 Å². The maximum Gasteiger partial charge on any atom is 0.673 e. The molecule has 1 aromatic carbocycles. The third-order valence-corrected chi connectivity index (χ3v) is 7.01. The van der Waals surface area contributed by atoms with Crippen molar-refractivity contribution in [3.63, 3.8) is 0 Å². The number of benzene rings is 1. The second-order valence-electron chi connectivity index (χ2n) is 10.9. The van der Waals surface area contributed by atoms with Gasteiger partial charge in [0.25, 0.3) is 0 Å². The molecule has 0 amide bonds. The number of nitrogens with zero attached hydrogens (tertiary/aromatic N) is 1. The van der Waals surface area contributed by atoms with Crippen molar-refractivity contribution >= 4 is 19.2 Å². The first kappa shape index (κ1) is 25.9. The van der Waals surface area contributed by atoms with Gasteiger partial charge in [0, 0.05) is 31.4 Å². The van der Waals surface area contributed by atoms with E-state index in [1.165, 1.54) is 55.3 Å². The molecule has 0 bridgehead atoms. The Labute approximate surface area is 186 Å². The fourth-order valence-corrected chi connectivity index (χ4v) is 5.70. The summed E-state index contributed by atoms with van der Waals surface area (Å²) in [6.07, 6.45) is 11.0. The maximum absolute atomic E-state index is 9.75. The van der Waals surface area contributed by atoms with Crippen LogP contribution in [0, 0.1) is 11.3 Å². The largest absolute Gasteiger partial charge is 0.673 e. The van der Waals surface area contributed by atoms with Crippen molar-refractivity contribution in [2.24, 2.45) is 11.3 Å². The lowest BCUT2D eigenvalue weighted by atomic mass is 9.67. The molecule has 0 saturated heterocycles. The Morgan fingerprint density at radius 2 is 1.32 bits per heavy atom. The van der Waals surface area contributed by atoms with Crippen LogP contribution in [0.1, 0.15) is 110 Å². The maximum atomic E-state index is 9.75. The highest BCUT2D eigenvalue weighted by Crippen LogP contribution is 2.50. The van der Waals surface area contributed by atoms with Gasteiger partial charge in [-0.3, -0.25) is 0 Å². The molecule has 1 heterocycles. The zero-order valence-electron chi connectivity index (χ0n) is 20.3. The number of hydrogen-bond donors (Lipinski definition) is 0. The lowest BCUT2D eigenvalue weighted by molar-refractivity contribution is -0.513. The summed E-state index contributed by atoms with van der Waals surface area (Å²) in [6.45, 7) is 16.8. The Balaban J connectivity index is 0.000000614. The van der Waals surface area contributed by atoms with Crippen LogP contribution in [-0.2, 0) is 0 Å². The second kappa shape index (κ2) is 9.66. The van der Waals surface area contributed by atoms with Crippen LogP contribution in [0.25, 0.3) is 0 Å². The molecule has 1 nitrogen and oxygen atoms in total. The molecule has 0 spiro atoms. The van der Waals surface area contributed by atoms with Crippen LogP contribution < -0.4 is 0 Å². The van der Waals surface area contributed by atoms with Gasteiger partial charge in [-0.2, -0.15) is 4.58 Å². The van der Waals surface area contributed by atoms with E-state index >= 15 is 0 Å². The van der Waals surface area contributed by atoms with Gasteiger partial charge in [0.2, 0.25) is 5.69 Å². The van der Waals surface area contributed by atoms with Gasteiger partial charge in [0.15, 0.2) is 11.8 Å². The predicted molar refractivity (Wildman–Crippen MR) is 124 cm³/mol. The summed E-state index contributed by atoms with van der Waals surface area (Å²) in [4.78, 5) is 0. The molecule has 1 aliphatic carbocycles. The fraction of sp³-hybridized carbons (Fsp3) is 0.720. The van der Waals surface area contributed by atoms with Gasteiger partial charge in [-0.15, -0.1) is 0 Å². The second-order valence-corrected chi connectivity index (χ2v) is 10.9. The van der Waals surface area contributed by atoms with E-state index < -0.39 is 7.25 Å². The standard InChI is InChI=1S/C25H40N.BF4/c1-18(2)21-14-11-15-22(19(3)4)23(21)26-17-25(7,16-24(26,5)6)20-12-9-8-10-13-20;2-1(3,4)5/h11,14-15,17-20H,8-10,12-13,16H2,1-7H3;/q+1;-1. The summed E-state index contributed by atoms with van der Waals surface area (Å²) < 4.78 is 41.7. The van der Waals surface area contributed by atoms with Crippen molar-refractivity contribution in [1.82, 2.24) is 0 Å². The first-order valence-corrected chi connectivity index (χ1v) is 11.8. The minimum absolute atomic E-state index is 0.181. The van der Waals surface area contributed by atoms with Crippen LogP contribution in [0.3, 0.4) is 0 Å². The van der Waals surface area contributed by atoms with E-state index in [9.17, 15) is 17.3 Å².